The van der Waals surface area contributed by atoms with Crippen molar-refractivity contribution in [3.8, 4) is 17.2 Å². The molecule has 3 heterocycles. The number of ether oxygens (including phenoxy) is 1. The van der Waals surface area contributed by atoms with Crippen LogP contribution in [-0.4, -0.2) is 65.4 Å². The average molecular weight is 693 g/mol. The van der Waals surface area contributed by atoms with E-state index in [0.29, 0.717) is 46.9 Å². The number of fused-ring (bicyclic) bond motifs is 1. The van der Waals surface area contributed by atoms with E-state index in [0.717, 1.165) is 42.0 Å². The second kappa shape index (κ2) is 15.1. The lowest BCUT2D eigenvalue weighted by Crippen LogP contribution is -2.43. The largest absolute Gasteiger partial charge is 0.444 e. The summed E-state index contributed by atoms with van der Waals surface area (Å²) in [5.74, 6) is 3.87. The Bertz CT molecular complexity index is 1900. The second-order valence-electron chi connectivity index (χ2n) is 15.1. The Morgan fingerprint density at radius 2 is 1.54 bits per heavy atom. The molecule has 0 radical (unpaired) electrons. The first-order chi connectivity index (χ1) is 23.7. The van der Waals surface area contributed by atoms with Gasteiger partial charge in [-0.3, -0.25) is 9.36 Å². The van der Waals surface area contributed by atoms with Gasteiger partial charge in [0.1, 0.15) is 13.7 Å². The van der Waals surface area contributed by atoms with Crippen LogP contribution in [0.3, 0.4) is 0 Å². The minimum absolute atomic E-state index is 0.185. The van der Waals surface area contributed by atoms with Crippen molar-refractivity contribution in [1.29, 1.82) is 0 Å². The molecule has 1 N–H and O–H groups in total. The van der Waals surface area contributed by atoms with Gasteiger partial charge in [0.2, 0.25) is 5.95 Å². The van der Waals surface area contributed by atoms with Crippen LogP contribution >= 0.6 is 0 Å². The Morgan fingerprint density at radius 1 is 0.880 bits per heavy atom. The summed E-state index contributed by atoms with van der Waals surface area (Å²) in [6, 6.07) is 19.3. The Hall–Kier alpha value is -4.62. The predicted molar refractivity (Wildman–Crippen MR) is 207 cm³/mol. The summed E-state index contributed by atoms with van der Waals surface area (Å²) >= 11 is 0. The van der Waals surface area contributed by atoms with Crippen LogP contribution in [0.4, 0.5) is 22.1 Å². The van der Waals surface area contributed by atoms with E-state index in [1.165, 1.54) is 0 Å². The van der Waals surface area contributed by atoms with Gasteiger partial charge in [-0.2, -0.15) is 4.98 Å². The number of para-hydroxylation sites is 1. The van der Waals surface area contributed by atoms with Crippen LogP contribution < -0.4 is 15.8 Å². The summed E-state index contributed by atoms with van der Waals surface area (Å²) in [5.41, 5.74) is 8.28. The SMILES string of the molecule is CC(C)[Si](C#Cc1cc(=O)n(-c2ccccc2)c2nc(Nc3ccc(N4CCCN(C(=O)OC(C)(C)C)CC4)cc3)ncc12)(C(C)C)C(C)C. The van der Waals surface area contributed by atoms with Crippen molar-refractivity contribution in [2.75, 3.05) is 36.4 Å². The molecule has 0 spiro atoms. The van der Waals surface area contributed by atoms with Gasteiger partial charge < -0.3 is 19.9 Å². The second-order valence-corrected chi connectivity index (χ2v) is 20.7. The highest BCUT2D eigenvalue weighted by molar-refractivity contribution is 6.90. The third kappa shape index (κ3) is 8.05. The van der Waals surface area contributed by atoms with Gasteiger partial charge in [0.25, 0.3) is 5.56 Å². The molecule has 0 aliphatic carbocycles. The molecule has 2 aromatic heterocycles. The zero-order valence-electron chi connectivity index (χ0n) is 31.1. The highest BCUT2D eigenvalue weighted by Gasteiger charge is 2.41. The summed E-state index contributed by atoms with van der Waals surface area (Å²) < 4.78 is 7.23. The van der Waals surface area contributed by atoms with Crippen molar-refractivity contribution in [3.05, 3.63) is 82.8 Å². The molecule has 1 aliphatic heterocycles. The summed E-state index contributed by atoms with van der Waals surface area (Å²) in [7, 11) is -2.04. The molecule has 5 rings (SSSR count). The maximum Gasteiger partial charge on any atom is 0.410 e. The number of hydrogen-bond donors (Lipinski definition) is 1. The fourth-order valence-corrected chi connectivity index (χ4v) is 12.5. The van der Waals surface area contributed by atoms with Crippen molar-refractivity contribution in [1.82, 2.24) is 19.4 Å². The first-order valence-corrected chi connectivity index (χ1v) is 20.0. The molecule has 0 saturated carbocycles. The van der Waals surface area contributed by atoms with E-state index in [9.17, 15) is 9.59 Å². The summed E-state index contributed by atoms with van der Waals surface area (Å²) in [6.45, 7) is 22.2. The number of rotatable bonds is 7. The number of hydrogen-bond acceptors (Lipinski definition) is 7. The number of carbonyl (C=O) groups excluding carboxylic acids is 1. The smallest absolute Gasteiger partial charge is 0.410 e. The van der Waals surface area contributed by atoms with Crippen LogP contribution in [0.1, 0.15) is 74.3 Å². The molecule has 4 aromatic rings. The molecule has 10 heteroatoms. The third-order valence-electron chi connectivity index (χ3n) is 9.69. The summed E-state index contributed by atoms with van der Waals surface area (Å²) in [4.78, 5) is 40.1. The standard InChI is InChI=1S/C40H52N6O3Si/c1-28(2)50(29(3)4,30(5)6)25-20-31-26-36(47)46(34-14-11-10-12-15-34)37-35(31)27-41-38(43-37)42-32-16-18-33(19-17-32)44-21-13-22-45(24-23-44)39(48)49-40(7,8)9/h10-12,14-19,26-30H,13,21-24H2,1-9H3,(H,41,42,43). The lowest BCUT2D eigenvalue weighted by atomic mass is 10.2. The Balaban J connectivity index is 1.44. The minimum Gasteiger partial charge on any atom is -0.444 e. The van der Waals surface area contributed by atoms with Crippen LogP contribution in [0.5, 0.6) is 0 Å². The maximum absolute atomic E-state index is 13.8. The van der Waals surface area contributed by atoms with Crippen molar-refractivity contribution in [2.45, 2.75) is 91.0 Å². The predicted octanol–water partition coefficient (Wildman–Crippen LogP) is 8.54. The number of nitrogens with zero attached hydrogens (tertiary/aromatic N) is 5. The molecular formula is C40H52N6O3Si. The number of anilines is 3. The summed E-state index contributed by atoms with van der Waals surface area (Å²) in [5, 5.41) is 4.08. The molecule has 50 heavy (non-hydrogen) atoms. The quantitative estimate of drug-likeness (QED) is 0.153. The maximum atomic E-state index is 13.8. The van der Waals surface area contributed by atoms with Crippen molar-refractivity contribution >= 4 is 42.5 Å². The van der Waals surface area contributed by atoms with E-state index in [2.05, 4.69) is 75.4 Å². The van der Waals surface area contributed by atoms with Crippen molar-refractivity contribution < 1.29 is 9.53 Å². The number of carbonyl (C=O) groups is 1. The van der Waals surface area contributed by atoms with Crippen LogP contribution in [0, 0.1) is 11.5 Å². The molecule has 264 valence electrons. The lowest BCUT2D eigenvalue weighted by molar-refractivity contribution is 0.0263. The number of nitrogens with one attached hydrogen (secondary N) is 1. The number of benzene rings is 2. The van der Waals surface area contributed by atoms with Crippen molar-refractivity contribution in [3.63, 3.8) is 0 Å². The minimum atomic E-state index is -2.04. The lowest BCUT2D eigenvalue weighted by Gasteiger charge is -2.38. The van der Waals surface area contributed by atoms with Crippen molar-refractivity contribution in [2.24, 2.45) is 0 Å². The highest BCUT2D eigenvalue weighted by Crippen LogP contribution is 2.41. The Kier molecular flexibility index (Phi) is 11.1. The zero-order chi connectivity index (χ0) is 36.2. The molecule has 2 aromatic carbocycles. The van der Waals surface area contributed by atoms with Gasteiger partial charge in [0.15, 0.2) is 5.65 Å². The van der Waals surface area contributed by atoms with E-state index in [1.807, 2.05) is 63.2 Å². The molecule has 0 unspecified atom stereocenters. The average Bonchev–Trinajstić information content (AvgIpc) is 3.31. The number of amides is 1. The van der Waals surface area contributed by atoms with E-state index in [4.69, 9.17) is 14.7 Å². The van der Waals surface area contributed by atoms with E-state index in [1.54, 1.807) is 21.7 Å². The van der Waals surface area contributed by atoms with Gasteiger partial charge in [0.05, 0.1) is 11.1 Å². The number of aromatic nitrogens is 3. The van der Waals surface area contributed by atoms with Gasteiger partial charge in [-0.15, -0.1) is 5.54 Å². The van der Waals surface area contributed by atoms with Gasteiger partial charge in [-0.1, -0.05) is 65.7 Å². The molecule has 0 bridgehead atoms. The molecule has 9 nitrogen and oxygen atoms in total. The van der Waals surface area contributed by atoms with Crippen LogP contribution in [-0.2, 0) is 4.74 Å². The summed E-state index contributed by atoms with van der Waals surface area (Å²) in [6.07, 6.45) is 2.37. The highest BCUT2D eigenvalue weighted by atomic mass is 28.3. The van der Waals surface area contributed by atoms with Crippen LogP contribution in [0.15, 0.2) is 71.7 Å². The Morgan fingerprint density at radius 3 is 2.16 bits per heavy atom. The Labute approximate surface area is 298 Å². The van der Waals surface area contributed by atoms with Crippen LogP contribution in [0.25, 0.3) is 16.7 Å². The van der Waals surface area contributed by atoms with Gasteiger partial charge >= 0.3 is 6.09 Å². The molecule has 1 amide bonds. The first-order valence-electron chi connectivity index (χ1n) is 17.8. The zero-order valence-corrected chi connectivity index (χ0v) is 32.1. The van der Waals surface area contributed by atoms with E-state index in [-0.39, 0.29) is 11.7 Å². The fraction of sp³-hybridized carbons (Fsp3) is 0.450. The van der Waals surface area contributed by atoms with Gasteiger partial charge in [-0.05, 0) is 80.2 Å². The van der Waals surface area contributed by atoms with Gasteiger partial charge in [0, 0.05) is 55.4 Å². The van der Waals surface area contributed by atoms with Crippen LogP contribution in [0.2, 0.25) is 16.6 Å². The molecular weight excluding hydrogens is 641 g/mol. The normalized spacial score (nSPS) is 14.2. The van der Waals surface area contributed by atoms with E-state index < -0.39 is 13.7 Å². The first kappa shape index (κ1) is 36.7. The fourth-order valence-electron chi connectivity index (χ4n) is 7.27. The molecule has 1 fully saturated rings. The third-order valence-corrected chi connectivity index (χ3v) is 16.0. The molecule has 1 saturated heterocycles. The van der Waals surface area contributed by atoms with Gasteiger partial charge in [-0.25, -0.2) is 9.78 Å². The topological polar surface area (TPSA) is 92.6 Å². The van der Waals surface area contributed by atoms with E-state index >= 15 is 0 Å². The number of pyridine rings is 1. The monoisotopic (exact) mass is 692 g/mol. The molecule has 1 aliphatic rings. The molecule has 0 atom stereocenters.